The van der Waals surface area contributed by atoms with E-state index in [-0.39, 0.29) is 0 Å². The third-order valence-corrected chi connectivity index (χ3v) is 4.78. The molecule has 0 bridgehead atoms. The summed E-state index contributed by atoms with van der Waals surface area (Å²) in [6.07, 6.45) is 1.93. The fourth-order valence-electron chi connectivity index (χ4n) is 3.16. The molecule has 0 atom stereocenters. The molecule has 0 aliphatic carbocycles. The van der Waals surface area contributed by atoms with Crippen LogP contribution in [0, 0.1) is 6.92 Å². The Balaban J connectivity index is 1.83. The lowest BCUT2D eigenvalue weighted by Crippen LogP contribution is -2.01. The second-order valence-electron chi connectivity index (χ2n) is 6.50. The van der Waals surface area contributed by atoms with Crippen molar-refractivity contribution in [2.24, 2.45) is 0 Å². The van der Waals surface area contributed by atoms with E-state index < -0.39 is 6.29 Å². The third kappa shape index (κ3) is 3.57. The van der Waals surface area contributed by atoms with Gasteiger partial charge in [0, 0.05) is 33.9 Å². The van der Waals surface area contributed by atoms with Crippen molar-refractivity contribution in [2.45, 2.75) is 19.8 Å². The van der Waals surface area contributed by atoms with Gasteiger partial charge < -0.3 is 10.2 Å². The largest absolute Gasteiger partial charge is 0.364 e. The molecule has 2 aromatic carbocycles. The highest BCUT2D eigenvalue weighted by molar-refractivity contribution is 6.33. The minimum Gasteiger partial charge on any atom is -0.364 e. The van der Waals surface area contributed by atoms with E-state index in [1.165, 1.54) is 0 Å². The number of hydrogen-bond acceptors (Lipinski definition) is 4. The van der Waals surface area contributed by atoms with Crippen LogP contribution in [-0.4, -0.2) is 25.0 Å². The van der Waals surface area contributed by atoms with Crippen LogP contribution in [-0.2, 0) is 6.54 Å². The summed E-state index contributed by atoms with van der Waals surface area (Å²) < 4.78 is 1.75. The Labute approximate surface area is 161 Å². The normalized spacial score (nSPS) is 11.4. The van der Waals surface area contributed by atoms with Crippen LogP contribution in [0.2, 0.25) is 5.02 Å². The number of halogens is 1. The van der Waals surface area contributed by atoms with Gasteiger partial charge in [0.05, 0.1) is 17.8 Å². The SMILES string of the molecule is Cc1ccc(-c2cc(C(O)O)c3cn(Cc4ccccn4)nc3c2)c(Cl)c1. The quantitative estimate of drug-likeness (QED) is 0.524. The van der Waals surface area contributed by atoms with Crippen LogP contribution in [0.25, 0.3) is 22.0 Å². The summed E-state index contributed by atoms with van der Waals surface area (Å²) in [5.41, 5.74) is 4.61. The van der Waals surface area contributed by atoms with Gasteiger partial charge in [-0.1, -0.05) is 29.8 Å². The molecule has 0 spiro atoms. The van der Waals surface area contributed by atoms with Gasteiger partial charge in [-0.05, 0) is 48.4 Å². The molecule has 2 aromatic heterocycles. The average molecular weight is 380 g/mol. The number of aliphatic hydroxyl groups is 2. The molecule has 136 valence electrons. The average Bonchev–Trinajstić information content (AvgIpc) is 3.03. The smallest absolute Gasteiger partial charge is 0.179 e. The van der Waals surface area contributed by atoms with Gasteiger partial charge in [0.15, 0.2) is 6.29 Å². The third-order valence-electron chi connectivity index (χ3n) is 4.47. The molecule has 0 radical (unpaired) electrons. The Kier molecular flexibility index (Phi) is 4.66. The van der Waals surface area contributed by atoms with Gasteiger partial charge in [-0.2, -0.15) is 5.10 Å². The summed E-state index contributed by atoms with van der Waals surface area (Å²) in [5, 5.41) is 25.7. The zero-order valence-electron chi connectivity index (χ0n) is 14.7. The number of benzene rings is 2. The van der Waals surface area contributed by atoms with Crippen LogP contribution in [0.4, 0.5) is 0 Å². The van der Waals surface area contributed by atoms with Crippen LogP contribution in [0.5, 0.6) is 0 Å². The van der Waals surface area contributed by atoms with Crippen molar-refractivity contribution in [3.05, 3.63) is 82.8 Å². The molecule has 4 aromatic rings. The molecule has 0 aliphatic rings. The van der Waals surface area contributed by atoms with Gasteiger partial charge in [-0.25, -0.2) is 0 Å². The Morgan fingerprint density at radius 3 is 2.67 bits per heavy atom. The first-order valence-corrected chi connectivity index (χ1v) is 8.93. The predicted octanol–water partition coefficient (Wildman–Crippen LogP) is 4.09. The monoisotopic (exact) mass is 379 g/mol. The number of aliphatic hydroxyl groups excluding tert-OH is 1. The van der Waals surface area contributed by atoms with Crippen molar-refractivity contribution >= 4 is 22.5 Å². The maximum Gasteiger partial charge on any atom is 0.179 e. The highest BCUT2D eigenvalue weighted by Crippen LogP contribution is 2.34. The molecule has 4 rings (SSSR count). The molecule has 6 heteroatoms. The number of aryl methyl sites for hydroxylation is 1. The molecule has 0 fully saturated rings. The Hall–Kier alpha value is -2.73. The van der Waals surface area contributed by atoms with E-state index in [9.17, 15) is 10.2 Å². The van der Waals surface area contributed by atoms with Crippen LogP contribution in [0.3, 0.4) is 0 Å². The summed E-state index contributed by atoms with van der Waals surface area (Å²) in [7, 11) is 0. The lowest BCUT2D eigenvalue weighted by molar-refractivity contribution is -0.0412. The van der Waals surface area contributed by atoms with E-state index in [0.29, 0.717) is 28.0 Å². The summed E-state index contributed by atoms with van der Waals surface area (Å²) in [6, 6.07) is 15.1. The number of pyridine rings is 1. The zero-order valence-corrected chi connectivity index (χ0v) is 15.4. The van der Waals surface area contributed by atoms with Crippen LogP contribution in [0.1, 0.15) is 23.1 Å². The Morgan fingerprint density at radius 1 is 1.11 bits per heavy atom. The first-order valence-electron chi connectivity index (χ1n) is 8.55. The number of fused-ring (bicyclic) bond motifs is 1. The summed E-state index contributed by atoms with van der Waals surface area (Å²) in [4.78, 5) is 4.31. The Morgan fingerprint density at radius 2 is 1.96 bits per heavy atom. The Bertz CT molecular complexity index is 1110. The molecule has 0 saturated heterocycles. The molecule has 5 nitrogen and oxygen atoms in total. The molecule has 0 saturated carbocycles. The maximum atomic E-state index is 9.88. The lowest BCUT2D eigenvalue weighted by Gasteiger charge is -2.10. The van der Waals surface area contributed by atoms with Crippen molar-refractivity contribution in [1.29, 1.82) is 0 Å². The molecule has 2 heterocycles. The van der Waals surface area contributed by atoms with E-state index in [2.05, 4.69) is 10.1 Å². The van der Waals surface area contributed by atoms with Gasteiger partial charge >= 0.3 is 0 Å². The molecule has 0 aliphatic heterocycles. The van der Waals surface area contributed by atoms with Crippen molar-refractivity contribution in [2.75, 3.05) is 0 Å². The first-order chi connectivity index (χ1) is 13.0. The summed E-state index contributed by atoms with van der Waals surface area (Å²) in [6.45, 7) is 2.47. The topological polar surface area (TPSA) is 71.2 Å². The molecular weight excluding hydrogens is 362 g/mol. The maximum absolute atomic E-state index is 9.88. The van der Waals surface area contributed by atoms with Crippen molar-refractivity contribution in [1.82, 2.24) is 14.8 Å². The van der Waals surface area contributed by atoms with Gasteiger partial charge in [0.1, 0.15) is 0 Å². The second kappa shape index (κ2) is 7.12. The number of rotatable bonds is 4. The van der Waals surface area contributed by atoms with E-state index >= 15 is 0 Å². The highest BCUT2D eigenvalue weighted by atomic mass is 35.5. The van der Waals surface area contributed by atoms with E-state index in [4.69, 9.17) is 11.6 Å². The van der Waals surface area contributed by atoms with Crippen molar-refractivity contribution in [3.8, 4) is 11.1 Å². The van der Waals surface area contributed by atoms with Gasteiger partial charge in [-0.15, -0.1) is 0 Å². The predicted molar refractivity (Wildman–Crippen MR) is 105 cm³/mol. The van der Waals surface area contributed by atoms with Crippen molar-refractivity contribution < 1.29 is 10.2 Å². The van der Waals surface area contributed by atoms with Crippen LogP contribution in [0.15, 0.2) is 60.9 Å². The highest BCUT2D eigenvalue weighted by Gasteiger charge is 2.16. The van der Waals surface area contributed by atoms with E-state index in [1.807, 2.05) is 49.4 Å². The van der Waals surface area contributed by atoms with E-state index in [1.54, 1.807) is 23.1 Å². The fourth-order valence-corrected chi connectivity index (χ4v) is 3.51. The van der Waals surface area contributed by atoms with Gasteiger partial charge in [0.2, 0.25) is 0 Å². The van der Waals surface area contributed by atoms with Gasteiger partial charge in [-0.3, -0.25) is 9.67 Å². The number of nitrogens with zero attached hydrogens (tertiary/aromatic N) is 3. The fraction of sp³-hybridized carbons (Fsp3) is 0.143. The molecule has 0 unspecified atom stereocenters. The standard InChI is InChI=1S/C21H18ClN3O2/c1-13-5-6-16(19(22)8-13)14-9-17(21(26)27)18-12-25(24-20(18)10-14)11-15-4-2-3-7-23-15/h2-10,12,21,26-27H,11H2,1H3. The molecule has 2 N–H and O–H groups in total. The summed E-state index contributed by atoms with van der Waals surface area (Å²) >= 11 is 6.40. The second-order valence-corrected chi connectivity index (χ2v) is 6.91. The minimum atomic E-state index is -1.61. The first kappa shape index (κ1) is 17.7. The summed E-state index contributed by atoms with van der Waals surface area (Å²) in [5.74, 6) is 0. The molecule has 27 heavy (non-hydrogen) atoms. The zero-order chi connectivity index (χ0) is 19.0. The van der Waals surface area contributed by atoms with Crippen LogP contribution >= 0.6 is 11.6 Å². The molecule has 0 amide bonds. The minimum absolute atomic E-state index is 0.395. The lowest BCUT2D eigenvalue weighted by atomic mass is 9.99. The van der Waals surface area contributed by atoms with Crippen LogP contribution < -0.4 is 0 Å². The van der Waals surface area contributed by atoms with Gasteiger partial charge in [0.25, 0.3) is 0 Å². The van der Waals surface area contributed by atoms with E-state index in [0.717, 1.165) is 22.4 Å². The number of hydrogen-bond donors (Lipinski definition) is 2. The van der Waals surface area contributed by atoms with Crippen molar-refractivity contribution in [3.63, 3.8) is 0 Å². The molecular formula is C21H18ClN3O2. The number of aromatic nitrogens is 3.